The summed E-state index contributed by atoms with van der Waals surface area (Å²) in [5.74, 6) is 0.823. The number of hydrogen-bond acceptors (Lipinski definition) is 5. The Labute approximate surface area is 170 Å². The second-order valence-electron chi connectivity index (χ2n) is 7.24. The number of amides is 1. The fourth-order valence-corrected chi connectivity index (χ4v) is 3.45. The Morgan fingerprint density at radius 3 is 2.66 bits per heavy atom. The predicted molar refractivity (Wildman–Crippen MR) is 113 cm³/mol. The van der Waals surface area contributed by atoms with Crippen LogP contribution in [0.3, 0.4) is 0 Å². The first-order chi connectivity index (χ1) is 14.1. The molecule has 2 heterocycles. The number of benzene rings is 2. The smallest absolute Gasteiger partial charge is 0.262 e. The molecule has 1 N–H and O–H groups in total. The molecule has 0 spiro atoms. The molecule has 0 unspecified atom stereocenters. The van der Waals surface area contributed by atoms with Gasteiger partial charge in [0.25, 0.3) is 5.91 Å². The van der Waals surface area contributed by atoms with Crippen LogP contribution in [0.4, 0.5) is 11.6 Å². The topological polar surface area (TPSA) is 67.3 Å². The van der Waals surface area contributed by atoms with E-state index in [1.807, 2.05) is 38.1 Å². The van der Waals surface area contributed by atoms with E-state index in [1.165, 1.54) is 11.1 Å². The summed E-state index contributed by atoms with van der Waals surface area (Å²) >= 11 is 0. The Bertz CT molecular complexity index is 1030. The third-order valence-corrected chi connectivity index (χ3v) is 5.00. The monoisotopic (exact) mass is 388 g/mol. The highest BCUT2D eigenvalue weighted by Crippen LogP contribution is 2.23. The summed E-state index contributed by atoms with van der Waals surface area (Å²) in [6.45, 7) is 5.38. The number of fused-ring (bicyclic) bond motifs is 1. The molecular formula is C23H24N4O2. The van der Waals surface area contributed by atoms with Crippen LogP contribution in [0.5, 0.6) is 5.88 Å². The van der Waals surface area contributed by atoms with E-state index >= 15 is 0 Å². The van der Waals surface area contributed by atoms with Gasteiger partial charge >= 0.3 is 0 Å². The van der Waals surface area contributed by atoms with Gasteiger partial charge in [0, 0.05) is 30.5 Å². The van der Waals surface area contributed by atoms with Crippen molar-refractivity contribution in [3.8, 4) is 5.88 Å². The van der Waals surface area contributed by atoms with E-state index < -0.39 is 0 Å². The van der Waals surface area contributed by atoms with Gasteiger partial charge < -0.3 is 15.0 Å². The van der Waals surface area contributed by atoms with Gasteiger partial charge in [-0.2, -0.15) is 4.98 Å². The van der Waals surface area contributed by atoms with Crippen LogP contribution in [0.2, 0.25) is 0 Å². The summed E-state index contributed by atoms with van der Waals surface area (Å²) in [5.41, 5.74) is 5.27. The molecule has 0 bridgehead atoms. The van der Waals surface area contributed by atoms with Crippen molar-refractivity contribution in [3.05, 3.63) is 77.0 Å². The summed E-state index contributed by atoms with van der Waals surface area (Å²) in [7, 11) is 0. The Kier molecular flexibility index (Phi) is 5.42. The van der Waals surface area contributed by atoms with E-state index in [0.717, 1.165) is 36.5 Å². The summed E-state index contributed by atoms with van der Waals surface area (Å²) in [4.78, 5) is 23.5. The zero-order chi connectivity index (χ0) is 20.2. The van der Waals surface area contributed by atoms with Crippen molar-refractivity contribution in [1.29, 1.82) is 0 Å². The number of aryl methyl sites for hydroxylation is 2. The van der Waals surface area contributed by atoms with Crippen LogP contribution in [0.25, 0.3) is 0 Å². The van der Waals surface area contributed by atoms with Crippen LogP contribution < -0.4 is 15.0 Å². The molecule has 1 amide bonds. The number of rotatable bonds is 5. The molecule has 0 radical (unpaired) electrons. The van der Waals surface area contributed by atoms with Crippen LogP contribution in [0, 0.1) is 13.8 Å². The van der Waals surface area contributed by atoms with Gasteiger partial charge in [-0.15, -0.1) is 0 Å². The Balaban J connectivity index is 1.42. The minimum atomic E-state index is -0.219. The zero-order valence-corrected chi connectivity index (χ0v) is 16.7. The third-order valence-electron chi connectivity index (χ3n) is 5.00. The van der Waals surface area contributed by atoms with Crippen LogP contribution in [-0.4, -0.2) is 29.0 Å². The van der Waals surface area contributed by atoms with Crippen molar-refractivity contribution in [2.45, 2.75) is 26.8 Å². The first-order valence-electron chi connectivity index (χ1n) is 9.74. The number of nitrogens with one attached hydrogen (secondary N) is 1. The Morgan fingerprint density at radius 2 is 1.83 bits per heavy atom. The molecule has 1 aliphatic heterocycles. The van der Waals surface area contributed by atoms with Gasteiger partial charge in [0.15, 0.2) is 6.61 Å². The van der Waals surface area contributed by atoms with Crippen molar-refractivity contribution < 1.29 is 9.53 Å². The third kappa shape index (κ3) is 4.54. The molecule has 3 aromatic rings. The van der Waals surface area contributed by atoms with Gasteiger partial charge in [-0.25, -0.2) is 4.98 Å². The SMILES string of the molecule is Cc1cc(OCC(=O)Nc2ccccc2C)nc(N2CCc3ccccc3C2)n1. The molecule has 0 atom stereocenters. The number of carbonyl (C=O) groups excluding carboxylic acids is 1. The lowest BCUT2D eigenvalue weighted by molar-refractivity contribution is -0.118. The molecule has 1 aliphatic rings. The van der Waals surface area contributed by atoms with Crippen LogP contribution >= 0.6 is 0 Å². The molecule has 1 aromatic heterocycles. The van der Waals surface area contributed by atoms with Crippen molar-refractivity contribution in [2.75, 3.05) is 23.4 Å². The normalized spacial score (nSPS) is 13.0. The van der Waals surface area contributed by atoms with Gasteiger partial charge in [0.05, 0.1) is 0 Å². The number of anilines is 2. The summed E-state index contributed by atoms with van der Waals surface area (Å²) in [6, 6.07) is 17.8. The summed E-state index contributed by atoms with van der Waals surface area (Å²) in [6.07, 6.45) is 0.961. The number of aromatic nitrogens is 2. The second kappa shape index (κ2) is 8.31. The zero-order valence-electron chi connectivity index (χ0n) is 16.7. The average molecular weight is 388 g/mol. The largest absolute Gasteiger partial charge is 0.467 e. The standard InChI is InChI=1S/C23H24N4O2/c1-16-7-3-6-10-20(16)25-21(28)15-29-22-13-17(2)24-23(26-22)27-12-11-18-8-4-5-9-19(18)14-27/h3-10,13H,11-12,14-15H2,1-2H3,(H,25,28). The van der Waals surface area contributed by atoms with Gasteiger partial charge in [0.2, 0.25) is 11.8 Å². The minimum absolute atomic E-state index is 0.104. The van der Waals surface area contributed by atoms with E-state index in [0.29, 0.717) is 11.8 Å². The second-order valence-corrected chi connectivity index (χ2v) is 7.24. The maximum absolute atomic E-state index is 12.3. The lowest BCUT2D eigenvalue weighted by Crippen LogP contribution is -2.32. The average Bonchev–Trinajstić information content (AvgIpc) is 2.73. The van der Waals surface area contributed by atoms with Gasteiger partial charge in [-0.05, 0) is 43.0 Å². The lowest BCUT2D eigenvalue weighted by Gasteiger charge is -2.29. The fraction of sp³-hybridized carbons (Fsp3) is 0.261. The number of nitrogens with zero attached hydrogens (tertiary/aromatic N) is 3. The molecule has 4 rings (SSSR count). The molecule has 29 heavy (non-hydrogen) atoms. The van der Waals surface area contributed by atoms with Crippen LogP contribution in [0.15, 0.2) is 54.6 Å². The van der Waals surface area contributed by atoms with E-state index in [2.05, 4.69) is 44.5 Å². The van der Waals surface area contributed by atoms with Crippen LogP contribution in [0.1, 0.15) is 22.4 Å². The number of hydrogen-bond donors (Lipinski definition) is 1. The molecule has 0 fully saturated rings. The first kappa shape index (κ1) is 18.9. The van der Waals surface area contributed by atoms with Gasteiger partial charge in [-0.3, -0.25) is 4.79 Å². The molecule has 148 valence electrons. The highest BCUT2D eigenvalue weighted by Gasteiger charge is 2.19. The highest BCUT2D eigenvalue weighted by atomic mass is 16.5. The molecule has 6 heteroatoms. The van der Waals surface area contributed by atoms with Crippen molar-refractivity contribution in [3.63, 3.8) is 0 Å². The Hall–Kier alpha value is -3.41. The van der Waals surface area contributed by atoms with Crippen molar-refractivity contribution in [2.24, 2.45) is 0 Å². The maximum Gasteiger partial charge on any atom is 0.262 e. The van der Waals surface area contributed by atoms with E-state index in [1.54, 1.807) is 6.07 Å². The maximum atomic E-state index is 12.3. The summed E-state index contributed by atoms with van der Waals surface area (Å²) < 4.78 is 5.67. The van der Waals surface area contributed by atoms with Crippen molar-refractivity contribution >= 4 is 17.5 Å². The Morgan fingerprint density at radius 1 is 1.07 bits per heavy atom. The van der Waals surface area contributed by atoms with Gasteiger partial charge in [-0.1, -0.05) is 42.5 Å². The summed E-state index contributed by atoms with van der Waals surface area (Å²) in [5, 5.41) is 2.87. The highest BCUT2D eigenvalue weighted by molar-refractivity contribution is 5.92. The predicted octanol–water partition coefficient (Wildman–Crippen LogP) is 3.67. The van der Waals surface area contributed by atoms with E-state index in [-0.39, 0.29) is 12.5 Å². The van der Waals surface area contributed by atoms with E-state index in [9.17, 15) is 4.79 Å². The number of ether oxygens (including phenoxy) is 1. The minimum Gasteiger partial charge on any atom is -0.467 e. The molecule has 6 nitrogen and oxygen atoms in total. The molecule has 0 aliphatic carbocycles. The first-order valence-corrected chi connectivity index (χ1v) is 9.74. The molecule has 2 aromatic carbocycles. The lowest BCUT2D eigenvalue weighted by atomic mass is 10.0. The van der Waals surface area contributed by atoms with Crippen LogP contribution in [-0.2, 0) is 17.8 Å². The molecule has 0 saturated carbocycles. The van der Waals surface area contributed by atoms with E-state index in [4.69, 9.17) is 4.74 Å². The molecular weight excluding hydrogens is 364 g/mol. The number of carbonyl (C=O) groups is 1. The van der Waals surface area contributed by atoms with Gasteiger partial charge in [0.1, 0.15) is 0 Å². The number of para-hydroxylation sites is 1. The van der Waals surface area contributed by atoms with Crippen molar-refractivity contribution in [1.82, 2.24) is 9.97 Å². The quantitative estimate of drug-likeness (QED) is 0.722. The molecule has 0 saturated heterocycles. The fourth-order valence-electron chi connectivity index (χ4n) is 3.45.